The topological polar surface area (TPSA) is 35.2 Å². The minimum atomic E-state index is -4.65. The monoisotopic (exact) mass is 291 g/mol. The van der Waals surface area contributed by atoms with E-state index in [-0.39, 0.29) is 0 Å². The Labute approximate surface area is 103 Å². The van der Waals surface area contributed by atoms with Gasteiger partial charge in [-0.3, -0.25) is 0 Å². The summed E-state index contributed by atoms with van der Waals surface area (Å²) in [6.07, 6.45) is -8.59. The van der Waals surface area contributed by atoms with Gasteiger partial charge in [-0.1, -0.05) is 0 Å². The van der Waals surface area contributed by atoms with Crippen molar-refractivity contribution in [2.75, 3.05) is 12.3 Å². The summed E-state index contributed by atoms with van der Waals surface area (Å²) < 4.78 is 89.8. The van der Waals surface area contributed by atoms with Crippen LogP contribution in [-0.4, -0.2) is 19.0 Å². The first-order valence-electron chi connectivity index (χ1n) is 4.79. The maximum absolute atomic E-state index is 12.5. The van der Waals surface area contributed by atoms with E-state index in [0.717, 1.165) is 0 Å². The van der Waals surface area contributed by atoms with Crippen LogP contribution in [0.1, 0.15) is 5.56 Å². The van der Waals surface area contributed by atoms with Gasteiger partial charge in [0.15, 0.2) is 6.61 Å². The van der Waals surface area contributed by atoms with Crippen molar-refractivity contribution in [2.24, 2.45) is 0 Å². The van der Waals surface area contributed by atoms with Crippen molar-refractivity contribution in [2.45, 2.75) is 18.5 Å². The Bertz CT molecular complexity index is 444. The first-order chi connectivity index (χ1) is 8.54. The third-order valence-corrected chi connectivity index (χ3v) is 2.08. The lowest BCUT2D eigenvalue weighted by Crippen LogP contribution is -2.33. The Morgan fingerprint density at radius 3 is 2.11 bits per heavy atom. The molecule has 0 atom stereocenters. The zero-order valence-corrected chi connectivity index (χ0v) is 9.15. The Balaban J connectivity index is 2.82. The van der Waals surface area contributed by atoms with Crippen LogP contribution < -0.4 is 10.5 Å². The van der Waals surface area contributed by atoms with Crippen LogP contribution in [0.2, 0.25) is 0 Å². The molecule has 0 aromatic heterocycles. The first-order valence-corrected chi connectivity index (χ1v) is 4.79. The molecule has 108 valence electrons. The number of hydrogen-bond donors (Lipinski definition) is 1. The second-order valence-corrected chi connectivity index (χ2v) is 3.60. The molecular weight excluding hydrogens is 283 g/mol. The zero-order chi connectivity index (χ0) is 14.8. The van der Waals surface area contributed by atoms with E-state index in [4.69, 9.17) is 5.73 Å². The molecule has 0 unspecified atom stereocenters. The quantitative estimate of drug-likeness (QED) is 0.680. The van der Waals surface area contributed by atoms with Gasteiger partial charge in [0.25, 0.3) is 0 Å². The third-order valence-electron chi connectivity index (χ3n) is 2.08. The van der Waals surface area contributed by atoms with Crippen molar-refractivity contribution in [3.8, 4) is 5.75 Å². The van der Waals surface area contributed by atoms with Crippen molar-refractivity contribution < 1.29 is 35.5 Å². The summed E-state index contributed by atoms with van der Waals surface area (Å²) in [5.41, 5.74) is 3.50. The molecule has 19 heavy (non-hydrogen) atoms. The second kappa shape index (κ2) is 5.14. The summed E-state index contributed by atoms with van der Waals surface area (Å²) in [5, 5.41) is 0. The van der Waals surface area contributed by atoms with Gasteiger partial charge in [0.05, 0.1) is 11.3 Å². The van der Waals surface area contributed by atoms with Crippen molar-refractivity contribution in [3.63, 3.8) is 0 Å². The standard InChI is InChI=1S/C10H8F7NO/c11-8(12)9(13,14)4-19-7-2-1-5(3-6(7)18)10(15,16)17/h1-3,8H,4,18H2. The number of rotatable bonds is 4. The highest BCUT2D eigenvalue weighted by molar-refractivity contribution is 5.54. The van der Waals surface area contributed by atoms with Gasteiger partial charge < -0.3 is 10.5 Å². The van der Waals surface area contributed by atoms with E-state index in [1.807, 2.05) is 0 Å². The highest BCUT2D eigenvalue weighted by Gasteiger charge is 2.42. The van der Waals surface area contributed by atoms with Gasteiger partial charge >= 0.3 is 18.5 Å². The Kier molecular flexibility index (Phi) is 4.16. The lowest BCUT2D eigenvalue weighted by Gasteiger charge is -2.17. The smallest absolute Gasteiger partial charge is 0.416 e. The molecule has 0 aliphatic carbocycles. The normalized spacial score (nSPS) is 12.8. The molecule has 1 aromatic rings. The number of nitrogen functional groups attached to an aromatic ring is 1. The van der Waals surface area contributed by atoms with Crippen molar-refractivity contribution in [1.29, 1.82) is 0 Å². The van der Waals surface area contributed by atoms with Gasteiger partial charge in [-0.2, -0.15) is 22.0 Å². The first kappa shape index (κ1) is 15.4. The number of nitrogens with two attached hydrogens (primary N) is 1. The third kappa shape index (κ3) is 3.90. The molecule has 0 bridgehead atoms. The minimum absolute atomic E-state index is 0.468. The van der Waals surface area contributed by atoms with Crippen LogP contribution in [0.4, 0.5) is 36.4 Å². The second-order valence-electron chi connectivity index (χ2n) is 3.60. The summed E-state index contributed by atoms with van der Waals surface area (Å²) in [7, 11) is 0. The number of benzene rings is 1. The summed E-state index contributed by atoms with van der Waals surface area (Å²) >= 11 is 0. The number of ether oxygens (including phenoxy) is 1. The highest BCUT2D eigenvalue weighted by atomic mass is 19.4. The molecule has 0 spiro atoms. The van der Waals surface area contributed by atoms with Crippen molar-refractivity contribution in [1.82, 2.24) is 0 Å². The summed E-state index contributed by atoms with van der Waals surface area (Å²) in [6, 6.07) is 1.71. The fourth-order valence-electron chi connectivity index (χ4n) is 1.09. The maximum atomic E-state index is 12.5. The summed E-state index contributed by atoms with van der Waals surface area (Å²) in [6.45, 7) is -1.68. The van der Waals surface area contributed by atoms with E-state index >= 15 is 0 Å². The van der Waals surface area contributed by atoms with Gasteiger partial charge in [-0.15, -0.1) is 0 Å². The summed E-state index contributed by atoms with van der Waals surface area (Å²) in [4.78, 5) is 0. The van der Waals surface area contributed by atoms with E-state index in [0.29, 0.717) is 18.2 Å². The van der Waals surface area contributed by atoms with Crippen molar-refractivity contribution >= 4 is 5.69 Å². The molecule has 0 saturated heterocycles. The molecule has 2 nitrogen and oxygen atoms in total. The molecule has 0 saturated carbocycles. The Hall–Kier alpha value is -1.67. The largest absolute Gasteiger partial charge is 0.485 e. The van der Waals surface area contributed by atoms with Gasteiger partial charge in [-0.05, 0) is 18.2 Å². The molecule has 0 radical (unpaired) electrons. The molecule has 0 aliphatic rings. The fourth-order valence-corrected chi connectivity index (χ4v) is 1.09. The maximum Gasteiger partial charge on any atom is 0.416 e. The van der Waals surface area contributed by atoms with Crippen LogP contribution in [0.15, 0.2) is 18.2 Å². The molecule has 0 aliphatic heterocycles. The molecule has 9 heteroatoms. The van der Waals surface area contributed by atoms with E-state index < -0.39 is 42.1 Å². The molecule has 0 fully saturated rings. The van der Waals surface area contributed by atoms with Crippen LogP contribution in [0.3, 0.4) is 0 Å². The SMILES string of the molecule is Nc1cc(C(F)(F)F)ccc1OCC(F)(F)C(F)F. The lowest BCUT2D eigenvalue weighted by molar-refractivity contribution is -0.148. The van der Waals surface area contributed by atoms with Crippen molar-refractivity contribution in [3.05, 3.63) is 23.8 Å². The van der Waals surface area contributed by atoms with Gasteiger partial charge in [0.2, 0.25) is 0 Å². The number of alkyl halides is 7. The van der Waals surface area contributed by atoms with E-state index in [2.05, 4.69) is 4.74 Å². The van der Waals surface area contributed by atoms with Crippen LogP contribution in [-0.2, 0) is 6.18 Å². The van der Waals surface area contributed by atoms with Gasteiger partial charge in [0.1, 0.15) is 5.75 Å². The predicted molar refractivity (Wildman–Crippen MR) is 52.3 cm³/mol. The molecule has 1 rings (SSSR count). The lowest BCUT2D eigenvalue weighted by atomic mass is 10.2. The molecular formula is C10H8F7NO. The fraction of sp³-hybridized carbons (Fsp3) is 0.400. The molecule has 0 amide bonds. The Morgan fingerprint density at radius 2 is 1.68 bits per heavy atom. The van der Waals surface area contributed by atoms with Crippen LogP contribution in [0, 0.1) is 0 Å². The highest BCUT2D eigenvalue weighted by Crippen LogP contribution is 2.34. The number of anilines is 1. The van der Waals surface area contributed by atoms with Crippen LogP contribution in [0.25, 0.3) is 0 Å². The molecule has 1 aromatic carbocycles. The van der Waals surface area contributed by atoms with E-state index in [1.54, 1.807) is 0 Å². The average molecular weight is 291 g/mol. The molecule has 0 heterocycles. The zero-order valence-electron chi connectivity index (χ0n) is 9.15. The van der Waals surface area contributed by atoms with E-state index in [9.17, 15) is 30.7 Å². The van der Waals surface area contributed by atoms with Crippen LogP contribution >= 0.6 is 0 Å². The minimum Gasteiger partial charge on any atom is -0.485 e. The number of hydrogen-bond acceptors (Lipinski definition) is 2. The number of halogens is 7. The van der Waals surface area contributed by atoms with E-state index in [1.165, 1.54) is 0 Å². The molecule has 2 N–H and O–H groups in total. The summed E-state index contributed by atoms with van der Waals surface area (Å²) in [5.74, 6) is -4.93. The van der Waals surface area contributed by atoms with Crippen LogP contribution in [0.5, 0.6) is 5.75 Å². The Morgan fingerprint density at radius 1 is 1.11 bits per heavy atom. The average Bonchev–Trinajstić information content (AvgIpc) is 2.25. The van der Waals surface area contributed by atoms with Gasteiger partial charge in [-0.25, -0.2) is 8.78 Å². The predicted octanol–water partition coefficient (Wildman–Crippen LogP) is 3.57. The van der Waals surface area contributed by atoms with Gasteiger partial charge in [0, 0.05) is 0 Å².